The quantitative estimate of drug-likeness (QED) is 0.717. The van der Waals surface area contributed by atoms with Gasteiger partial charge in [-0.3, -0.25) is 9.80 Å². The fourth-order valence-electron chi connectivity index (χ4n) is 1.78. The number of esters is 1. The highest BCUT2D eigenvalue weighted by molar-refractivity contribution is 9.11. The zero-order chi connectivity index (χ0) is 11.7. The van der Waals surface area contributed by atoms with E-state index in [0.717, 1.165) is 4.48 Å². The topological polar surface area (TPSA) is 51.1 Å². The van der Waals surface area contributed by atoms with E-state index in [-0.39, 0.29) is 12.0 Å². The Hall–Kier alpha value is -1.30. The summed E-state index contributed by atoms with van der Waals surface area (Å²) < 4.78 is 10.8. The number of allylic oxidation sites excluding steroid dienone is 2. The maximum atomic E-state index is 11.6. The number of nitrogens with zero attached hydrogens (tertiary/aromatic N) is 2. The molecule has 2 unspecified atom stereocenters. The third kappa shape index (κ3) is 1.73. The molecule has 2 aliphatic rings. The van der Waals surface area contributed by atoms with E-state index in [1.54, 1.807) is 24.5 Å². The van der Waals surface area contributed by atoms with E-state index < -0.39 is 5.92 Å². The van der Waals surface area contributed by atoms with E-state index in [1.807, 2.05) is 6.08 Å². The molecule has 2 aliphatic heterocycles. The number of hydrogen-bond acceptors (Lipinski definition) is 5. The predicted molar refractivity (Wildman–Crippen MR) is 61.7 cm³/mol. The molecule has 2 heterocycles. The third-order valence-corrected chi connectivity index (χ3v) is 2.96. The Bertz CT molecular complexity index is 403. The van der Waals surface area contributed by atoms with Gasteiger partial charge in [-0.05, 0) is 22.0 Å². The molecular formula is C10H11BrN2O3. The smallest absolute Gasteiger partial charge is 0.316 e. The fraction of sp³-hybridized carbons (Fsp3) is 0.400. The highest BCUT2D eigenvalue weighted by atomic mass is 79.9. The molecule has 86 valence electrons. The van der Waals surface area contributed by atoms with Crippen molar-refractivity contribution in [1.29, 1.82) is 0 Å². The van der Waals surface area contributed by atoms with Crippen molar-refractivity contribution in [1.82, 2.24) is 5.01 Å². The first-order valence-electron chi connectivity index (χ1n) is 4.70. The standard InChI is InChI=1S/C10H11BrN2O3/c1-15-8-3-6(11)5-13-9(8)7(4-12-13)10(14)16-2/h3-5,7,9H,1-2H3. The van der Waals surface area contributed by atoms with Crippen molar-refractivity contribution in [2.24, 2.45) is 11.0 Å². The first-order valence-corrected chi connectivity index (χ1v) is 5.50. The van der Waals surface area contributed by atoms with Gasteiger partial charge in [0.25, 0.3) is 0 Å². The van der Waals surface area contributed by atoms with E-state index in [9.17, 15) is 4.79 Å². The molecule has 6 heteroatoms. The minimum absolute atomic E-state index is 0.237. The summed E-state index contributed by atoms with van der Waals surface area (Å²) >= 11 is 3.35. The second-order valence-corrected chi connectivity index (χ2v) is 4.32. The van der Waals surface area contributed by atoms with Crippen molar-refractivity contribution in [2.45, 2.75) is 6.04 Å². The molecule has 0 aromatic carbocycles. The van der Waals surface area contributed by atoms with Crippen molar-refractivity contribution in [3.63, 3.8) is 0 Å². The van der Waals surface area contributed by atoms with Crippen LogP contribution < -0.4 is 0 Å². The number of carbonyl (C=O) groups is 1. The lowest BCUT2D eigenvalue weighted by Crippen LogP contribution is -2.38. The average Bonchev–Trinajstić information content (AvgIpc) is 2.70. The van der Waals surface area contributed by atoms with Crippen LogP contribution in [0.15, 0.2) is 27.6 Å². The summed E-state index contributed by atoms with van der Waals surface area (Å²) in [6, 6.07) is -0.237. The van der Waals surface area contributed by atoms with E-state index in [2.05, 4.69) is 21.0 Å². The van der Waals surface area contributed by atoms with E-state index in [0.29, 0.717) is 5.76 Å². The molecule has 5 nitrogen and oxygen atoms in total. The van der Waals surface area contributed by atoms with Gasteiger partial charge in [0, 0.05) is 16.9 Å². The van der Waals surface area contributed by atoms with Gasteiger partial charge in [0.2, 0.25) is 0 Å². The van der Waals surface area contributed by atoms with Gasteiger partial charge in [-0.15, -0.1) is 0 Å². The van der Waals surface area contributed by atoms with Gasteiger partial charge in [0.1, 0.15) is 17.7 Å². The molecule has 0 aromatic rings. The van der Waals surface area contributed by atoms with Crippen LogP contribution in [0.1, 0.15) is 0 Å². The second kappa shape index (κ2) is 4.29. The Labute approximate surface area is 102 Å². The Balaban J connectivity index is 2.30. The Morgan fingerprint density at radius 1 is 1.56 bits per heavy atom. The molecular weight excluding hydrogens is 276 g/mol. The molecule has 0 spiro atoms. The van der Waals surface area contributed by atoms with Crippen LogP contribution in [0, 0.1) is 5.92 Å². The third-order valence-electron chi connectivity index (χ3n) is 2.52. The number of halogens is 1. The number of ether oxygens (including phenoxy) is 2. The number of methoxy groups -OCH3 is 2. The second-order valence-electron chi connectivity index (χ2n) is 3.40. The van der Waals surface area contributed by atoms with Crippen LogP contribution in [0.2, 0.25) is 0 Å². The van der Waals surface area contributed by atoms with Gasteiger partial charge >= 0.3 is 5.97 Å². The van der Waals surface area contributed by atoms with Crippen LogP contribution in [-0.2, 0) is 14.3 Å². The highest BCUT2D eigenvalue weighted by Gasteiger charge is 2.41. The van der Waals surface area contributed by atoms with Crippen LogP contribution in [0.5, 0.6) is 0 Å². The van der Waals surface area contributed by atoms with Crippen molar-refractivity contribution < 1.29 is 14.3 Å². The SMILES string of the molecule is COC(=O)C1C=NN2C=C(Br)C=C(OC)C12. The summed E-state index contributed by atoms with van der Waals surface area (Å²) in [5, 5.41) is 5.82. The summed E-state index contributed by atoms with van der Waals surface area (Å²) in [6.45, 7) is 0. The minimum atomic E-state index is -0.423. The molecule has 0 fully saturated rings. The largest absolute Gasteiger partial charge is 0.499 e. The summed E-state index contributed by atoms with van der Waals surface area (Å²) in [4.78, 5) is 11.6. The number of rotatable bonds is 2. The molecule has 0 aromatic heterocycles. The van der Waals surface area contributed by atoms with E-state index in [1.165, 1.54) is 7.11 Å². The van der Waals surface area contributed by atoms with Crippen molar-refractivity contribution >= 4 is 28.1 Å². The predicted octanol–water partition coefficient (Wildman–Crippen LogP) is 1.23. The Kier molecular flexibility index (Phi) is 3.00. The molecule has 0 saturated heterocycles. The Morgan fingerprint density at radius 3 is 2.94 bits per heavy atom. The lowest BCUT2D eigenvalue weighted by atomic mass is 9.98. The van der Waals surface area contributed by atoms with Crippen molar-refractivity contribution in [3.05, 3.63) is 22.5 Å². The van der Waals surface area contributed by atoms with Gasteiger partial charge in [-0.1, -0.05) is 0 Å². The van der Waals surface area contributed by atoms with Crippen molar-refractivity contribution in [3.8, 4) is 0 Å². The average molecular weight is 287 g/mol. The van der Waals surface area contributed by atoms with Gasteiger partial charge in [-0.25, -0.2) is 0 Å². The normalized spacial score (nSPS) is 27.1. The fourth-order valence-corrected chi connectivity index (χ4v) is 2.21. The summed E-state index contributed by atoms with van der Waals surface area (Å²) in [7, 11) is 2.94. The van der Waals surface area contributed by atoms with Crippen LogP contribution in [0.3, 0.4) is 0 Å². The summed E-state index contributed by atoms with van der Waals surface area (Å²) in [6.07, 6.45) is 5.20. The number of carbonyl (C=O) groups excluding carboxylic acids is 1. The number of hydrazone groups is 1. The zero-order valence-electron chi connectivity index (χ0n) is 8.88. The van der Waals surface area contributed by atoms with Gasteiger partial charge < -0.3 is 9.47 Å². The van der Waals surface area contributed by atoms with Crippen LogP contribution in [0.4, 0.5) is 0 Å². The molecule has 0 aliphatic carbocycles. The molecule has 2 atom stereocenters. The molecule has 0 radical (unpaired) electrons. The van der Waals surface area contributed by atoms with Crippen LogP contribution in [-0.4, -0.2) is 37.5 Å². The van der Waals surface area contributed by atoms with Crippen LogP contribution >= 0.6 is 15.9 Å². The summed E-state index contributed by atoms with van der Waals surface area (Å²) in [5.74, 6) is -0.0547. The van der Waals surface area contributed by atoms with Gasteiger partial charge in [-0.2, -0.15) is 5.10 Å². The minimum Gasteiger partial charge on any atom is -0.499 e. The number of hydrogen-bond donors (Lipinski definition) is 0. The molecule has 16 heavy (non-hydrogen) atoms. The lowest BCUT2D eigenvalue weighted by Gasteiger charge is -2.28. The Morgan fingerprint density at radius 2 is 2.31 bits per heavy atom. The molecule has 0 saturated carbocycles. The zero-order valence-corrected chi connectivity index (χ0v) is 10.5. The highest BCUT2D eigenvalue weighted by Crippen LogP contribution is 2.32. The molecule has 0 N–H and O–H groups in total. The van der Waals surface area contributed by atoms with Gasteiger partial charge in [0.15, 0.2) is 0 Å². The first kappa shape index (κ1) is 11.2. The molecule has 2 rings (SSSR count). The maximum absolute atomic E-state index is 11.6. The van der Waals surface area contributed by atoms with E-state index in [4.69, 9.17) is 9.47 Å². The maximum Gasteiger partial charge on any atom is 0.316 e. The monoisotopic (exact) mass is 286 g/mol. The van der Waals surface area contributed by atoms with Gasteiger partial charge in [0.05, 0.1) is 14.2 Å². The molecule has 0 amide bonds. The lowest BCUT2D eigenvalue weighted by molar-refractivity contribution is -0.144. The summed E-state index contributed by atoms with van der Waals surface area (Å²) in [5.41, 5.74) is 0. The van der Waals surface area contributed by atoms with Crippen molar-refractivity contribution in [2.75, 3.05) is 14.2 Å². The first-order chi connectivity index (χ1) is 7.67. The van der Waals surface area contributed by atoms with E-state index >= 15 is 0 Å². The number of fused-ring (bicyclic) bond motifs is 1. The molecule has 0 bridgehead atoms. The van der Waals surface area contributed by atoms with Crippen LogP contribution in [0.25, 0.3) is 0 Å².